The zero-order chi connectivity index (χ0) is 21.6. The maximum atomic E-state index is 13.6. The lowest BCUT2D eigenvalue weighted by Gasteiger charge is -2.35. The molecule has 1 N–H and O–H groups in total. The topological polar surface area (TPSA) is 61.8 Å². The molecule has 0 aromatic rings. The fourth-order valence-corrected chi connectivity index (χ4v) is 6.21. The number of aliphatic imine (C=N–C) groups is 1. The van der Waals surface area contributed by atoms with Crippen molar-refractivity contribution in [3.05, 3.63) is 22.1 Å². The van der Waals surface area contributed by atoms with Gasteiger partial charge in [0.1, 0.15) is 6.17 Å². The molecule has 0 aromatic heterocycles. The van der Waals surface area contributed by atoms with E-state index < -0.39 is 6.17 Å². The third-order valence-corrected chi connectivity index (χ3v) is 8.23. The summed E-state index contributed by atoms with van der Waals surface area (Å²) in [6.07, 6.45) is 14.0. The van der Waals surface area contributed by atoms with Crippen LogP contribution in [0.2, 0.25) is 0 Å². The summed E-state index contributed by atoms with van der Waals surface area (Å²) >= 11 is 1.55. The number of amides is 2. The molecule has 4 aliphatic rings. The second-order valence-electron chi connectivity index (χ2n) is 9.32. The molecule has 0 bridgehead atoms. The maximum Gasteiger partial charge on any atom is 0.257 e. The predicted molar refractivity (Wildman–Crippen MR) is 123 cm³/mol. The quantitative estimate of drug-likeness (QED) is 0.580. The highest BCUT2D eigenvalue weighted by Gasteiger charge is 2.32. The Bertz CT molecular complexity index is 758. The van der Waals surface area contributed by atoms with Crippen LogP contribution >= 0.6 is 11.8 Å². The van der Waals surface area contributed by atoms with Crippen molar-refractivity contribution in [1.29, 1.82) is 0 Å². The molecule has 2 fully saturated rings. The molecule has 5 nitrogen and oxygen atoms in total. The number of fused-ring (bicyclic) bond motifs is 1. The van der Waals surface area contributed by atoms with Gasteiger partial charge in [0.25, 0.3) is 5.91 Å². The van der Waals surface area contributed by atoms with Crippen molar-refractivity contribution in [2.45, 2.75) is 70.4 Å². The molecular formula is C24H34FN3O2S. The average Bonchev–Trinajstić information content (AvgIpc) is 3.23. The number of piperidine rings is 1. The van der Waals surface area contributed by atoms with E-state index in [2.05, 4.69) is 16.4 Å². The van der Waals surface area contributed by atoms with Crippen molar-refractivity contribution >= 4 is 29.8 Å². The van der Waals surface area contributed by atoms with Gasteiger partial charge in [-0.25, -0.2) is 4.39 Å². The number of hydrogen-bond donors (Lipinski definition) is 1. The Labute approximate surface area is 189 Å². The number of carbonyl (C=O) groups excluding carboxylic acids is 2. The second kappa shape index (κ2) is 10.8. The number of unbranched alkanes of at least 4 members (excludes halogenated alkanes) is 1. The van der Waals surface area contributed by atoms with Crippen LogP contribution in [0.15, 0.2) is 27.1 Å². The van der Waals surface area contributed by atoms with Crippen molar-refractivity contribution in [3.8, 4) is 0 Å². The van der Waals surface area contributed by atoms with Crippen LogP contribution in [0.3, 0.4) is 0 Å². The lowest BCUT2D eigenvalue weighted by atomic mass is 9.85. The van der Waals surface area contributed by atoms with E-state index in [9.17, 15) is 14.0 Å². The number of nitrogens with zero attached hydrogens (tertiary/aromatic N) is 2. The zero-order valence-electron chi connectivity index (χ0n) is 18.2. The van der Waals surface area contributed by atoms with Gasteiger partial charge in [0, 0.05) is 48.8 Å². The normalized spacial score (nSPS) is 28.7. The lowest BCUT2D eigenvalue weighted by molar-refractivity contribution is -0.138. The SMILES string of the molecule is O=C(NCCCCC1CCN(C(=O)C2CCCC(F)C2)CC1)C1=CC2CC=NC=C2S1. The summed E-state index contributed by atoms with van der Waals surface area (Å²) in [5, 5.41) is 3.05. The van der Waals surface area contributed by atoms with Crippen LogP contribution in [0.5, 0.6) is 0 Å². The molecule has 3 heterocycles. The van der Waals surface area contributed by atoms with Gasteiger partial charge >= 0.3 is 0 Å². The van der Waals surface area contributed by atoms with Crippen molar-refractivity contribution in [1.82, 2.24) is 10.2 Å². The molecule has 0 aromatic carbocycles. The summed E-state index contributed by atoms with van der Waals surface area (Å²) in [5.41, 5.74) is 0. The number of halogens is 1. The van der Waals surface area contributed by atoms with Crippen molar-refractivity contribution < 1.29 is 14.0 Å². The van der Waals surface area contributed by atoms with Gasteiger partial charge in [-0.15, -0.1) is 0 Å². The molecule has 1 saturated carbocycles. The van der Waals surface area contributed by atoms with Crippen molar-refractivity contribution in [2.75, 3.05) is 19.6 Å². The van der Waals surface area contributed by atoms with Crippen LogP contribution in [-0.4, -0.2) is 48.7 Å². The average molecular weight is 448 g/mol. The summed E-state index contributed by atoms with van der Waals surface area (Å²) in [6.45, 7) is 2.35. The van der Waals surface area contributed by atoms with Gasteiger partial charge in [0.2, 0.25) is 5.91 Å². The minimum Gasteiger partial charge on any atom is -0.352 e. The molecule has 2 amide bonds. The van der Waals surface area contributed by atoms with Crippen molar-refractivity contribution in [2.24, 2.45) is 22.7 Å². The third-order valence-electron chi connectivity index (χ3n) is 7.05. The highest BCUT2D eigenvalue weighted by Crippen LogP contribution is 2.42. The highest BCUT2D eigenvalue weighted by molar-refractivity contribution is 8.07. The first-order valence-corrected chi connectivity index (χ1v) is 12.7. The monoisotopic (exact) mass is 447 g/mol. The molecule has 3 aliphatic heterocycles. The Morgan fingerprint density at radius 1 is 1.19 bits per heavy atom. The molecule has 170 valence electrons. The van der Waals surface area contributed by atoms with Gasteiger partial charge in [-0.2, -0.15) is 0 Å². The predicted octanol–water partition coefficient (Wildman–Crippen LogP) is 4.60. The maximum absolute atomic E-state index is 13.6. The van der Waals surface area contributed by atoms with Gasteiger partial charge in [-0.3, -0.25) is 14.6 Å². The van der Waals surface area contributed by atoms with E-state index in [1.165, 1.54) is 4.91 Å². The van der Waals surface area contributed by atoms with Gasteiger partial charge < -0.3 is 10.2 Å². The molecule has 1 saturated heterocycles. The Morgan fingerprint density at radius 3 is 2.81 bits per heavy atom. The molecule has 1 aliphatic carbocycles. The van der Waals surface area contributed by atoms with Crippen LogP contribution in [0, 0.1) is 17.8 Å². The molecule has 0 radical (unpaired) electrons. The molecule has 3 atom stereocenters. The van der Waals surface area contributed by atoms with Crippen LogP contribution in [-0.2, 0) is 9.59 Å². The third kappa shape index (κ3) is 5.99. The van der Waals surface area contributed by atoms with Crippen molar-refractivity contribution in [3.63, 3.8) is 0 Å². The van der Waals surface area contributed by atoms with E-state index in [0.717, 1.165) is 69.4 Å². The van der Waals surface area contributed by atoms with Crippen LogP contribution < -0.4 is 5.32 Å². The number of nitrogens with one attached hydrogen (secondary N) is 1. The van der Waals surface area contributed by atoms with Gasteiger partial charge in [-0.05, 0) is 57.3 Å². The number of allylic oxidation sites excluding steroid dienone is 2. The van der Waals surface area contributed by atoms with Gasteiger partial charge in [-0.1, -0.05) is 30.7 Å². The Kier molecular flexibility index (Phi) is 7.86. The summed E-state index contributed by atoms with van der Waals surface area (Å²) in [6, 6.07) is 0. The number of rotatable bonds is 7. The first kappa shape index (κ1) is 22.6. The first-order chi connectivity index (χ1) is 15.1. The fourth-order valence-electron chi connectivity index (χ4n) is 5.13. The Morgan fingerprint density at radius 2 is 2.03 bits per heavy atom. The molecule has 3 unspecified atom stereocenters. The number of hydrogen-bond acceptors (Lipinski definition) is 4. The van der Waals surface area contributed by atoms with Gasteiger partial charge in [0.15, 0.2) is 0 Å². The molecule has 4 rings (SSSR count). The van der Waals surface area contributed by atoms with E-state index in [-0.39, 0.29) is 17.7 Å². The largest absolute Gasteiger partial charge is 0.352 e. The Hall–Kier alpha value is -1.63. The summed E-state index contributed by atoms with van der Waals surface area (Å²) in [5.74, 6) is 1.11. The summed E-state index contributed by atoms with van der Waals surface area (Å²) in [7, 11) is 0. The van der Waals surface area contributed by atoms with Crippen LogP contribution in [0.1, 0.15) is 64.2 Å². The molecule has 31 heavy (non-hydrogen) atoms. The second-order valence-corrected chi connectivity index (χ2v) is 10.4. The van der Waals surface area contributed by atoms with Crippen LogP contribution in [0.4, 0.5) is 4.39 Å². The number of alkyl halides is 1. The molecule has 7 heteroatoms. The summed E-state index contributed by atoms with van der Waals surface area (Å²) in [4.78, 5) is 33.2. The van der Waals surface area contributed by atoms with E-state index in [1.54, 1.807) is 11.8 Å². The number of likely N-dealkylation sites (tertiary alicyclic amines) is 1. The molecular weight excluding hydrogens is 413 g/mol. The fraction of sp³-hybridized carbons (Fsp3) is 0.708. The number of thioether (sulfide) groups is 1. The zero-order valence-corrected chi connectivity index (χ0v) is 19.0. The lowest BCUT2D eigenvalue weighted by Crippen LogP contribution is -2.43. The van der Waals surface area contributed by atoms with Crippen LogP contribution in [0.25, 0.3) is 0 Å². The minimum absolute atomic E-state index is 0.0327. The highest BCUT2D eigenvalue weighted by atomic mass is 32.2. The van der Waals surface area contributed by atoms with Gasteiger partial charge in [0.05, 0.1) is 4.91 Å². The van der Waals surface area contributed by atoms with E-state index in [4.69, 9.17) is 0 Å². The Balaban J connectivity index is 1.08. The molecule has 0 spiro atoms. The van der Waals surface area contributed by atoms with E-state index >= 15 is 0 Å². The van der Waals surface area contributed by atoms with E-state index in [0.29, 0.717) is 31.2 Å². The smallest absolute Gasteiger partial charge is 0.257 e. The minimum atomic E-state index is -0.792. The number of carbonyl (C=O) groups is 2. The standard InChI is InChI=1S/C24H34FN3O2S/c25-20-6-3-5-19(14-20)24(30)28-12-8-17(9-13-28)4-1-2-10-27-23(29)21-15-18-7-11-26-16-22(18)31-21/h11,15-20H,1-10,12-14H2,(H,27,29). The summed E-state index contributed by atoms with van der Waals surface area (Å²) < 4.78 is 13.6. The first-order valence-electron chi connectivity index (χ1n) is 11.9. The van der Waals surface area contributed by atoms with E-state index in [1.807, 2.05) is 17.3 Å².